The van der Waals surface area contributed by atoms with E-state index in [1.807, 2.05) is 79.7 Å². The van der Waals surface area contributed by atoms with Crippen molar-refractivity contribution in [3.63, 3.8) is 0 Å². The number of amides is 1. The zero-order valence-corrected chi connectivity index (χ0v) is 19.7. The van der Waals surface area contributed by atoms with E-state index in [1.165, 1.54) is 11.8 Å². The van der Waals surface area contributed by atoms with Gasteiger partial charge in [0, 0.05) is 9.37 Å². The average Bonchev–Trinajstić information content (AvgIpc) is 2.79. The molecular formula is C24H23BrN2O3S. The van der Waals surface area contributed by atoms with Crippen molar-refractivity contribution in [2.24, 2.45) is 5.10 Å². The Kier molecular flexibility index (Phi) is 8.55. The molecule has 0 saturated heterocycles. The van der Waals surface area contributed by atoms with Gasteiger partial charge in [-0.1, -0.05) is 46.3 Å². The molecule has 3 aromatic carbocycles. The zero-order chi connectivity index (χ0) is 22.1. The Morgan fingerprint density at radius 3 is 2.55 bits per heavy atom. The Labute approximate surface area is 195 Å². The van der Waals surface area contributed by atoms with Gasteiger partial charge in [0.05, 0.1) is 18.6 Å². The first-order valence-electron chi connectivity index (χ1n) is 9.65. The lowest BCUT2D eigenvalue weighted by Crippen LogP contribution is -2.26. The minimum absolute atomic E-state index is 0.161. The highest BCUT2D eigenvalue weighted by atomic mass is 79.9. The average molecular weight is 499 g/mol. The molecule has 0 aliphatic rings. The Morgan fingerprint density at radius 2 is 1.84 bits per heavy atom. The topological polar surface area (TPSA) is 59.9 Å². The maximum Gasteiger partial charge on any atom is 0.253 e. The van der Waals surface area contributed by atoms with Gasteiger partial charge < -0.3 is 9.47 Å². The third kappa shape index (κ3) is 7.15. The van der Waals surface area contributed by atoms with Gasteiger partial charge in [0.25, 0.3) is 5.91 Å². The van der Waals surface area contributed by atoms with Gasteiger partial charge in [0.15, 0.2) is 11.5 Å². The number of nitrogens with zero attached hydrogens (tertiary/aromatic N) is 1. The lowest BCUT2D eigenvalue weighted by molar-refractivity contribution is -0.120. The van der Waals surface area contributed by atoms with Crippen LogP contribution in [-0.4, -0.2) is 24.5 Å². The van der Waals surface area contributed by atoms with Crippen LogP contribution in [0.5, 0.6) is 11.5 Å². The summed E-state index contributed by atoms with van der Waals surface area (Å²) < 4.78 is 12.3. The van der Waals surface area contributed by atoms with Crippen LogP contribution in [0.2, 0.25) is 0 Å². The minimum Gasteiger partial charge on any atom is -0.493 e. The van der Waals surface area contributed by atoms with Crippen LogP contribution >= 0.6 is 27.7 Å². The molecule has 31 heavy (non-hydrogen) atoms. The van der Waals surface area contributed by atoms with Gasteiger partial charge in [-0.25, -0.2) is 5.43 Å². The third-order valence-corrected chi connectivity index (χ3v) is 5.95. The highest BCUT2D eigenvalue weighted by Crippen LogP contribution is 2.28. The number of carbonyl (C=O) groups excluding carboxylic acids is 1. The van der Waals surface area contributed by atoms with Crippen LogP contribution in [0.25, 0.3) is 0 Å². The van der Waals surface area contributed by atoms with Crippen molar-refractivity contribution in [2.45, 2.75) is 23.7 Å². The molecule has 3 rings (SSSR count). The highest BCUT2D eigenvalue weighted by Gasteiger charge is 2.13. The van der Waals surface area contributed by atoms with Crippen LogP contribution in [0.15, 0.2) is 87.3 Å². The van der Waals surface area contributed by atoms with E-state index in [0.29, 0.717) is 18.1 Å². The van der Waals surface area contributed by atoms with Gasteiger partial charge in [-0.15, -0.1) is 11.8 Å². The first-order valence-corrected chi connectivity index (χ1v) is 11.3. The molecule has 1 unspecified atom stereocenters. The van der Waals surface area contributed by atoms with Crippen LogP contribution in [0.3, 0.4) is 0 Å². The van der Waals surface area contributed by atoms with Crippen LogP contribution in [0, 0.1) is 0 Å². The monoisotopic (exact) mass is 498 g/mol. The summed E-state index contributed by atoms with van der Waals surface area (Å²) >= 11 is 4.91. The summed E-state index contributed by atoms with van der Waals surface area (Å²) in [6.45, 7) is 2.28. The number of nitrogens with one attached hydrogen (secondary N) is 1. The quantitative estimate of drug-likeness (QED) is 0.234. The molecule has 0 heterocycles. The zero-order valence-electron chi connectivity index (χ0n) is 17.2. The van der Waals surface area contributed by atoms with E-state index in [9.17, 15) is 4.79 Å². The Bertz CT molecular complexity index is 1030. The number of methoxy groups -OCH3 is 1. The summed E-state index contributed by atoms with van der Waals surface area (Å²) in [7, 11) is 1.59. The fourth-order valence-electron chi connectivity index (χ4n) is 2.64. The number of hydrogen-bond acceptors (Lipinski definition) is 5. The molecule has 0 bridgehead atoms. The Hall–Kier alpha value is -2.77. The van der Waals surface area contributed by atoms with Crippen LogP contribution in [0.1, 0.15) is 18.1 Å². The van der Waals surface area contributed by atoms with Crippen molar-refractivity contribution in [3.05, 3.63) is 88.4 Å². The van der Waals surface area contributed by atoms with Crippen LogP contribution in [0.4, 0.5) is 0 Å². The van der Waals surface area contributed by atoms with Crippen molar-refractivity contribution in [2.75, 3.05) is 7.11 Å². The smallest absolute Gasteiger partial charge is 0.253 e. The normalized spacial score (nSPS) is 11.8. The molecule has 1 amide bonds. The summed E-state index contributed by atoms with van der Waals surface area (Å²) in [5, 5.41) is 3.81. The first-order chi connectivity index (χ1) is 15.0. The minimum atomic E-state index is -0.261. The SMILES string of the molecule is COc1cc(/C=N/NC(=O)C(C)Sc2ccccc2)ccc1OCc1ccc(Br)cc1. The second-order valence-corrected chi connectivity index (χ2v) is 8.96. The summed E-state index contributed by atoms with van der Waals surface area (Å²) in [6.07, 6.45) is 1.58. The van der Waals surface area contributed by atoms with Gasteiger partial charge in [0.1, 0.15) is 6.61 Å². The summed E-state index contributed by atoms with van der Waals surface area (Å²) in [4.78, 5) is 13.3. The van der Waals surface area contributed by atoms with E-state index < -0.39 is 0 Å². The number of rotatable bonds is 9. The molecule has 7 heteroatoms. The van der Waals surface area contributed by atoms with Crippen molar-refractivity contribution < 1.29 is 14.3 Å². The number of hydrogen-bond donors (Lipinski definition) is 1. The molecule has 0 radical (unpaired) electrons. The summed E-state index contributed by atoms with van der Waals surface area (Å²) in [6, 6.07) is 23.2. The molecule has 3 aromatic rings. The molecule has 0 aromatic heterocycles. The maximum absolute atomic E-state index is 12.3. The largest absolute Gasteiger partial charge is 0.493 e. The number of carbonyl (C=O) groups is 1. The molecule has 1 atom stereocenters. The van der Waals surface area contributed by atoms with E-state index in [4.69, 9.17) is 9.47 Å². The van der Waals surface area contributed by atoms with E-state index >= 15 is 0 Å². The molecule has 0 fully saturated rings. The maximum atomic E-state index is 12.3. The number of benzene rings is 3. The molecule has 160 valence electrons. The van der Waals surface area contributed by atoms with Crippen molar-refractivity contribution >= 4 is 39.8 Å². The fourth-order valence-corrected chi connectivity index (χ4v) is 3.79. The number of thioether (sulfide) groups is 1. The predicted octanol–water partition coefficient (Wildman–Crippen LogP) is 5.67. The third-order valence-electron chi connectivity index (χ3n) is 4.31. The number of halogens is 1. The Balaban J connectivity index is 1.55. The number of ether oxygens (including phenoxy) is 2. The molecule has 0 aliphatic heterocycles. The van der Waals surface area contributed by atoms with Crippen molar-refractivity contribution in [1.29, 1.82) is 0 Å². The van der Waals surface area contributed by atoms with Crippen molar-refractivity contribution in [3.8, 4) is 11.5 Å². The molecule has 5 nitrogen and oxygen atoms in total. The van der Waals surface area contributed by atoms with Gasteiger partial charge in [-0.2, -0.15) is 5.10 Å². The summed E-state index contributed by atoms with van der Waals surface area (Å²) in [5.41, 5.74) is 4.43. The highest BCUT2D eigenvalue weighted by molar-refractivity contribution is 9.10. The van der Waals surface area contributed by atoms with E-state index in [-0.39, 0.29) is 11.2 Å². The van der Waals surface area contributed by atoms with E-state index in [1.54, 1.807) is 13.3 Å². The molecule has 0 saturated carbocycles. The fraction of sp³-hybridized carbons (Fsp3) is 0.167. The summed E-state index contributed by atoms with van der Waals surface area (Å²) in [5.74, 6) is 1.08. The first kappa shape index (κ1) is 22.9. The van der Waals surface area contributed by atoms with E-state index in [0.717, 1.165) is 20.5 Å². The van der Waals surface area contributed by atoms with Crippen LogP contribution in [-0.2, 0) is 11.4 Å². The van der Waals surface area contributed by atoms with Crippen LogP contribution < -0.4 is 14.9 Å². The van der Waals surface area contributed by atoms with E-state index in [2.05, 4.69) is 26.5 Å². The second-order valence-electron chi connectivity index (χ2n) is 6.63. The van der Waals surface area contributed by atoms with Gasteiger partial charge >= 0.3 is 0 Å². The van der Waals surface area contributed by atoms with Gasteiger partial charge in [0.2, 0.25) is 0 Å². The lowest BCUT2D eigenvalue weighted by Gasteiger charge is -2.11. The van der Waals surface area contributed by atoms with Crippen molar-refractivity contribution in [1.82, 2.24) is 5.43 Å². The molecule has 0 spiro atoms. The standard InChI is InChI=1S/C24H23BrN2O3S/c1-17(31-21-6-4-3-5-7-21)24(28)27-26-15-19-10-13-22(23(14-19)29-2)30-16-18-8-11-20(25)12-9-18/h3-15,17H,16H2,1-2H3,(H,27,28)/b26-15+. The second kappa shape index (κ2) is 11.6. The molecular weight excluding hydrogens is 476 g/mol. The Morgan fingerprint density at radius 1 is 1.10 bits per heavy atom. The van der Waals surface area contributed by atoms with Gasteiger partial charge in [-0.05, 0) is 60.5 Å². The molecule has 0 aliphatic carbocycles. The molecule has 1 N–H and O–H groups in total. The lowest BCUT2D eigenvalue weighted by atomic mass is 10.2. The predicted molar refractivity (Wildman–Crippen MR) is 129 cm³/mol. The number of hydrazone groups is 1. The van der Waals surface area contributed by atoms with Gasteiger partial charge in [-0.3, -0.25) is 4.79 Å².